The van der Waals surface area contributed by atoms with Gasteiger partial charge in [-0.2, -0.15) is 0 Å². The third kappa shape index (κ3) is 4.18. The first kappa shape index (κ1) is 16.9. The van der Waals surface area contributed by atoms with Crippen LogP contribution in [0.3, 0.4) is 0 Å². The van der Waals surface area contributed by atoms with Crippen molar-refractivity contribution in [3.63, 3.8) is 0 Å². The maximum atomic E-state index is 12.4. The molecule has 0 spiro atoms. The van der Waals surface area contributed by atoms with Crippen molar-refractivity contribution in [3.05, 3.63) is 0 Å². The molecule has 4 atom stereocenters. The summed E-state index contributed by atoms with van der Waals surface area (Å²) in [5.41, 5.74) is 0. The van der Waals surface area contributed by atoms with Gasteiger partial charge >= 0.3 is 5.97 Å². The molecule has 2 N–H and O–H groups in total. The van der Waals surface area contributed by atoms with Crippen LogP contribution in [0, 0.1) is 17.8 Å². The minimum absolute atomic E-state index is 0.155. The standard InChI is InChI=1S/C14H25NO5/c1-4-9-5-11(12(6-9)14(18)19)13(17)15(2)7-10(16)8-20-3/h9-12,16H,4-8H2,1-3H3,(H,18,19). The summed E-state index contributed by atoms with van der Waals surface area (Å²) in [6.45, 7) is 2.33. The van der Waals surface area contributed by atoms with Gasteiger partial charge in [0, 0.05) is 20.7 Å². The molecule has 1 fully saturated rings. The highest BCUT2D eigenvalue weighted by atomic mass is 16.5. The van der Waals surface area contributed by atoms with Crippen molar-refractivity contribution in [1.82, 2.24) is 4.90 Å². The number of hydrogen-bond donors (Lipinski definition) is 2. The number of carboxylic acid groups (broad SMARTS) is 1. The molecule has 0 saturated heterocycles. The molecule has 0 aliphatic heterocycles. The van der Waals surface area contributed by atoms with Crippen molar-refractivity contribution in [2.24, 2.45) is 17.8 Å². The van der Waals surface area contributed by atoms with Crippen LogP contribution in [0.25, 0.3) is 0 Å². The topological polar surface area (TPSA) is 87.1 Å². The van der Waals surface area contributed by atoms with E-state index in [4.69, 9.17) is 4.74 Å². The van der Waals surface area contributed by atoms with Gasteiger partial charge in [-0.05, 0) is 18.8 Å². The van der Waals surface area contributed by atoms with Crippen LogP contribution in [0.4, 0.5) is 0 Å². The molecule has 0 heterocycles. The fourth-order valence-corrected chi connectivity index (χ4v) is 2.96. The summed E-state index contributed by atoms with van der Waals surface area (Å²) in [6, 6.07) is 0. The average molecular weight is 287 g/mol. The molecule has 20 heavy (non-hydrogen) atoms. The first-order valence-corrected chi connectivity index (χ1v) is 7.05. The lowest BCUT2D eigenvalue weighted by molar-refractivity contribution is -0.149. The van der Waals surface area contributed by atoms with Crippen LogP contribution in [0.15, 0.2) is 0 Å². The second-order valence-electron chi connectivity index (χ2n) is 5.62. The van der Waals surface area contributed by atoms with Gasteiger partial charge in [0.15, 0.2) is 0 Å². The molecule has 6 nitrogen and oxygen atoms in total. The Kier molecular flexibility index (Phi) is 6.42. The summed E-state index contributed by atoms with van der Waals surface area (Å²) < 4.78 is 4.82. The Morgan fingerprint density at radius 1 is 1.35 bits per heavy atom. The van der Waals surface area contributed by atoms with E-state index in [0.717, 1.165) is 6.42 Å². The SMILES string of the molecule is CCC1CC(C(=O)O)C(C(=O)N(C)CC(O)COC)C1. The van der Waals surface area contributed by atoms with Gasteiger partial charge in [-0.1, -0.05) is 13.3 Å². The predicted molar refractivity (Wildman–Crippen MR) is 73.2 cm³/mol. The molecule has 116 valence electrons. The van der Waals surface area contributed by atoms with Gasteiger partial charge in [-0.3, -0.25) is 9.59 Å². The number of carboxylic acids is 1. The zero-order valence-corrected chi connectivity index (χ0v) is 12.4. The van der Waals surface area contributed by atoms with Crippen LogP contribution in [-0.4, -0.2) is 60.4 Å². The molecular formula is C14H25NO5. The highest BCUT2D eigenvalue weighted by Crippen LogP contribution is 2.39. The number of nitrogens with zero attached hydrogens (tertiary/aromatic N) is 1. The van der Waals surface area contributed by atoms with Gasteiger partial charge in [0.25, 0.3) is 0 Å². The molecule has 0 radical (unpaired) electrons. The maximum absolute atomic E-state index is 12.4. The molecule has 0 aromatic heterocycles. The lowest BCUT2D eigenvalue weighted by Gasteiger charge is -2.25. The van der Waals surface area contributed by atoms with E-state index < -0.39 is 23.9 Å². The average Bonchev–Trinajstić information content (AvgIpc) is 2.82. The summed E-state index contributed by atoms with van der Waals surface area (Å²) in [7, 11) is 3.08. The highest BCUT2D eigenvalue weighted by molar-refractivity contribution is 5.85. The number of aliphatic hydroxyl groups is 1. The number of aliphatic hydroxyl groups excluding tert-OH is 1. The fourth-order valence-electron chi connectivity index (χ4n) is 2.96. The molecule has 1 amide bonds. The lowest BCUT2D eigenvalue weighted by atomic mass is 9.95. The number of rotatable bonds is 7. The number of hydrogen-bond acceptors (Lipinski definition) is 4. The van der Waals surface area contributed by atoms with Gasteiger partial charge in [0.05, 0.1) is 24.5 Å². The smallest absolute Gasteiger partial charge is 0.307 e. The number of carbonyl (C=O) groups excluding carboxylic acids is 1. The summed E-state index contributed by atoms with van der Waals surface area (Å²) in [6.07, 6.45) is 1.33. The van der Waals surface area contributed by atoms with Gasteiger partial charge in [-0.15, -0.1) is 0 Å². The van der Waals surface area contributed by atoms with Crippen LogP contribution in [0.1, 0.15) is 26.2 Å². The van der Waals surface area contributed by atoms with E-state index in [1.54, 1.807) is 7.05 Å². The largest absolute Gasteiger partial charge is 0.481 e. The minimum Gasteiger partial charge on any atom is -0.481 e. The molecule has 0 bridgehead atoms. The fraction of sp³-hybridized carbons (Fsp3) is 0.857. The minimum atomic E-state index is -0.898. The number of likely N-dealkylation sites (N-methyl/N-ethyl adjacent to an activating group) is 1. The number of methoxy groups -OCH3 is 1. The molecule has 6 heteroatoms. The Morgan fingerprint density at radius 3 is 2.45 bits per heavy atom. The van der Waals surface area contributed by atoms with Crippen molar-refractivity contribution in [2.75, 3.05) is 27.3 Å². The Morgan fingerprint density at radius 2 is 1.95 bits per heavy atom. The number of ether oxygens (including phenoxy) is 1. The number of aliphatic carboxylic acids is 1. The molecular weight excluding hydrogens is 262 g/mol. The summed E-state index contributed by atoms with van der Waals surface area (Å²) >= 11 is 0. The van der Waals surface area contributed by atoms with Crippen molar-refractivity contribution in [1.29, 1.82) is 0 Å². The number of carbonyl (C=O) groups is 2. The zero-order chi connectivity index (χ0) is 15.3. The zero-order valence-electron chi connectivity index (χ0n) is 12.4. The Bertz CT molecular complexity index is 346. The molecule has 1 rings (SSSR count). The lowest BCUT2D eigenvalue weighted by Crippen LogP contribution is -2.41. The van der Waals surface area contributed by atoms with E-state index in [1.807, 2.05) is 6.92 Å². The van der Waals surface area contributed by atoms with Crippen molar-refractivity contribution in [3.8, 4) is 0 Å². The quantitative estimate of drug-likeness (QED) is 0.715. The summed E-state index contributed by atoms with van der Waals surface area (Å²) in [5.74, 6) is -1.87. The Hall–Kier alpha value is -1.14. The summed E-state index contributed by atoms with van der Waals surface area (Å²) in [5, 5.41) is 18.9. The van der Waals surface area contributed by atoms with E-state index in [9.17, 15) is 19.8 Å². The predicted octanol–water partition coefficient (Wildman–Crippen LogP) is 0.589. The van der Waals surface area contributed by atoms with Gasteiger partial charge in [-0.25, -0.2) is 0 Å². The first-order valence-electron chi connectivity index (χ1n) is 7.05. The number of amides is 1. The maximum Gasteiger partial charge on any atom is 0.307 e. The first-order chi connectivity index (χ1) is 9.40. The molecule has 4 unspecified atom stereocenters. The molecule has 1 aliphatic carbocycles. The second-order valence-corrected chi connectivity index (χ2v) is 5.62. The van der Waals surface area contributed by atoms with Gasteiger partial charge in [0.2, 0.25) is 5.91 Å². The van der Waals surface area contributed by atoms with Crippen LogP contribution in [0.2, 0.25) is 0 Å². The second kappa shape index (κ2) is 7.59. The van der Waals surface area contributed by atoms with Crippen molar-refractivity contribution < 1.29 is 24.5 Å². The third-order valence-corrected chi connectivity index (χ3v) is 4.09. The van der Waals surface area contributed by atoms with Crippen LogP contribution in [0.5, 0.6) is 0 Å². The monoisotopic (exact) mass is 287 g/mol. The van der Waals surface area contributed by atoms with Crippen molar-refractivity contribution in [2.45, 2.75) is 32.3 Å². The Balaban J connectivity index is 2.66. The van der Waals surface area contributed by atoms with Crippen LogP contribution < -0.4 is 0 Å². The molecule has 1 aliphatic rings. The van der Waals surface area contributed by atoms with E-state index in [1.165, 1.54) is 12.0 Å². The normalized spacial score (nSPS) is 27.3. The van der Waals surface area contributed by atoms with E-state index in [2.05, 4.69) is 0 Å². The van der Waals surface area contributed by atoms with Gasteiger partial charge < -0.3 is 19.8 Å². The van der Waals surface area contributed by atoms with Crippen LogP contribution >= 0.6 is 0 Å². The van der Waals surface area contributed by atoms with Crippen molar-refractivity contribution >= 4 is 11.9 Å². The van der Waals surface area contributed by atoms with E-state index in [0.29, 0.717) is 18.8 Å². The molecule has 0 aromatic rings. The summed E-state index contributed by atoms with van der Waals surface area (Å²) in [4.78, 5) is 25.1. The molecule has 0 aromatic carbocycles. The van der Waals surface area contributed by atoms with Crippen LogP contribution in [-0.2, 0) is 14.3 Å². The van der Waals surface area contributed by atoms with E-state index >= 15 is 0 Å². The van der Waals surface area contributed by atoms with Gasteiger partial charge in [0.1, 0.15) is 0 Å². The third-order valence-electron chi connectivity index (χ3n) is 4.09. The van der Waals surface area contributed by atoms with E-state index in [-0.39, 0.29) is 19.1 Å². The molecule has 1 saturated carbocycles. The highest BCUT2D eigenvalue weighted by Gasteiger charge is 2.43. The Labute approximate surface area is 119 Å².